The maximum Gasteiger partial charge on any atom is 0.186 e. The van der Waals surface area contributed by atoms with Gasteiger partial charge in [-0.3, -0.25) is 9.59 Å². The Labute approximate surface area is 120 Å². The molecule has 3 fully saturated rings. The van der Waals surface area contributed by atoms with E-state index in [1.807, 2.05) is 0 Å². The number of phenols is 2. The van der Waals surface area contributed by atoms with Crippen molar-refractivity contribution < 1.29 is 29.6 Å². The molecule has 3 N–H and O–H groups in total. The van der Waals surface area contributed by atoms with E-state index < -0.39 is 29.6 Å². The van der Waals surface area contributed by atoms with Crippen LogP contribution in [0.3, 0.4) is 0 Å². The van der Waals surface area contributed by atoms with Crippen LogP contribution < -0.4 is 0 Å². The number of aromatic hydroxyl groups is 2. The van der Waals surface area contributed by atoms with E-state index in [1.54, 1.807) is 6.07 Å². The van der Waals surface area contributed by atoms with Crippen molar-refractivity contribution >= 4 is 11.6 Å². The van der Waals surface area contributed by atoms with Crippen LogP contribution in [0, 0.1) is 11.8 Å². The van der Waals surface area contributed by atoms with Gasteiger partial charge in [-0.05, 0) is 24.1 Å². The van der Waals surface area contributed by atoms with Crippen molar-refractivity contribution in [2.24, 2.45) is 11.8 Å². The first kappa shape index (κ1) is 12.8. The van der Waals surface area contributed by atoms with Gasteiger partial charge in [0.05, 0.1) is 24.4 Å². The molecule has 4 rings (SSSR count). The maximum atomic E-state index is 12.2. The van der Waals surface area contributed by atoms with Crippen molar-refractivity contribution in [2.75, 3.05) is 0 Å². The second kappa shape index (κ2) is 3.84. The van der Waals surface area contributed by atoms with Crippen LogP contribution in [-0.4, -0.2) is 38.8 Å². The van der Waals surface area contributed by atoms with Crippen LogP contribution in [0.5, 0.6) is 11.5 Å². The Hall–Kier alpha value is -1.92. The molecule has 5 unspecified atom stereocenters. The van der Waals surface area contributed by atoms with Crippen LogP contribution in [0.4, 0.5) is 0 Å². The third kappa shape index (κ3) is 1.49. The molecule has 1 aromatic rings. The van der Waals surface area contributed by atoms with Crippen LogP contribution in [-0.2, 0) is 14.3 Å². The number of phenolic OH excluding ortho intramolecular Hbond substituents is 2. The minimum atomic E-state index is -1.71. The highest BCUT2D eigenvalue weighted by Crippen LogP contribution is 2.60. The fourth-order valence-electron chi connectivity index (χ4n) is 4.11. The van der Waals surface area contributed by atoms with E-state index in [2.05, 4.69) is 0 Å². The van der Waals surface area contributed by atoms with Crippen LogP contribution >= 0.6 is 0 Å². The number of aliphatic hydroxyl groups is 1. The first-order valence-corrected chi connectivity index (χ1v) is 6.89. The molecule has 21 heavy (non-hydrogen) atoms. The summed E-state index contributed by atoms with van der Waals surface area (Å²) in [7, 11) is 0. The second-order valence-electron chi connectivity index (χ2n) is 6.06. The van der Waals surface area contributed by atoms with Gasteiger partial charge in [-0.2, -0.15) is 0 Å². The largest absolute Gasteiger partial charge is 0.504 e. The molecule has 1 aliphatic carbocycles. The number of ether oxygens (including phenoxy) is 1. The standard InChI is InChI=1S/C15H14O6/c16-8-2-1-6(3-10(8)18)13-12-4-7-9(17)5-11(19)14(13)15(7,20)21-12/h1-3,7,12-14,16,18,20H,4-5H2. The first-order valence-electron chi connectivity index (χ1n) is 6.89. The van der Waals surface area contributed by atoms with Gasteiger partial charge in [-0.15, -0.1) is 0 Å². The summed E-state index contributed by atoms with van der Waals surface area (Å²) >= 11 is 0. The molecule has 2 saturated heterocycles. The van der Waals surface area contributed by atoms with E-state index in [1.165, 1.54) is 12.1 Å². The fraction of sp³-hybridized carbons (Fsp3) is 0.467. The average molecular weight is 290 g/mol. The highest BCUT2D eigenvalue weighted by Gasteiger charge is 2.70. The molecular formula is C15H14O6. The Balaban J connectivity index is 1.80. The van der Waals surface area contributed by atoms with Gasteiger partial charge in [0.15, 0.2) is 17.3 Å². The zero-order valence-corrected chi connectivity index (χ0v) is 11.0. The smallest absolute Gasteiger partial charge is 0.186 e. The van der Waals surface area contributed by atoms with Gasteiger partial charge in [0, 0.05) is 5.92 Å². The van der Waals surface area contributed by atoms with E-state index in [0.717, 1.165) is 0 Å². The summed E-state index contributed by atoms with van der Waals surface area (Å²) in [6.07, 6.45) is -0.221. The minimum absolute atomic E-state index is 0.172. The Kier molecular flexibility index (Phi) is 2.34. The SMILES string of the molecule is O=C1CC(=O)C2C(c3ccc(O)c(O)c3)C3CC1C2(O)O3. The predicted molar refractivity (Wildman–Crippen MR) is 68.6 cm³/mol. The number of hydrogen-bond donors (Lipinski definition) is 3. The fourth-order valence-corrected chi connectivity index (χ4v) is 4.11. The number of ketones is 2. The number of hydrogen-bond acceptors (Lipinski definition) is 6. The third-order valence-corrected chi connectivity index (χ3v) is 4.98. The quantitative estimate of drug-likeness (QED) is 0.512. The highest BCUT2D eigenvalue weighted by atomic mass is 16.6. The first-order chi connectivity index (χ1) is 9.91. The maximum absolute atomic E-state index is 12.2. The van der Waals surface area contributed by atoms with Gasteiger partial charge in [-0.25, -0.2) is 0 Å². The van der Waals surface area contributed by atoms with Gasteiger partial charge in [0.2, 0.25) is 0 Å². The predicted octanol–water partition coefficient (Wildman–Crippen LogP) is 0.447. The molecular weight excluding hydrogens is 276 g/mol. The Morgan fingerprint density at radius 1 is 1.14 bits per heavy atom. The topological polar surface area (TPSA) is 104 Å². The summed E-state index contributed by atoms with van der Waals surface area (Å²) in [5.41, 5.74) is 0.623. The molecule has 1 saturated carbocycles. The van der Waals surface area contributed by atoms with Gasteiger partial charge in [0.25, 0.3) is 0 Å². The number of benzene rings is 1. The molecule has 2 aliphatic heterocycles. The van der Waals surface area contributed by atoms with E-state index in [-0.39, 0.29) is 29.5 Å². The average Bonchev–Trinajstić information content (AvgIpc) is 2.91. The van der Waals surface area contributed by atoms with E-state index >= 15 is 0 Å². The van der Waals surface area contributed by atoms with Gasteiger partial charge in [-0.1, -0.05) is 6.07 Å². The number of carbonyl (C=O) groups is 2. The van der Waals surface area contributed by atoms with E-state index in [0.29, 0.717) is 12.0 Å². The molecule has 5 atom stereocenters. The zero-order valence-electron chi connectivity index (χ0n) is 11.0. The molecule has 0 spiro atoms. The summed E-state index contributed by atoms with van der Waals surface area (Å²) in [6, 6.07) is 4.33. The van der Waals surface area contributed by atoms with Crippen molar-refractivity contribution in [3.05, 3.63) is 23.8 Å². The van der Waals surface area contributed by atoms with Crippen molar-refractivity contribution in [2.45, 2.75) is 30.7 Å². The number of fused-ring (bicyclic) bond motifs is 1. The molecule has 0 aromatic heterocycles. The third-order valence-electron chi connectivity index (χ3n) is 4.98. The number of rotatable bonds is 1. The summed E-state index contributed by atoms with van der Waals surface area (Å²) in [6.45, 7) is 0. The zero-order chi connectivity index (χ0) is 14.9. The molecule has 3 aliphatic rings. The highest BCUT2D eigenvalue weighted by molar-refractivity contribution is 6.06. The molecule has 2 bridgehead atoms. The van der Waals surface area contributed by atoms with E-state index in [4.69, 9.17) is 4.74 Å². The van der Waals surface area contributed by atoms with Gasteiger partial charge < -0.3 is 20.1 Å². The molecule has 110 valence electrons. The lowest BCUT2D eigenvalue weighted by Crippen LogP contribution is -2.55. The van der Waals surface area contributed by atoms with Crippen LogP contribution in [0.2, 0.25) is 0 Å². The van der Waals surface area contributed by atoms with Crippen molar-refractivity contribution in [1.29, 1.82) is 0 Å². The van der Waals surface area contributed by atoms with Crippen LogP contribution in [0.1, 0.15) is 24.3 Å². The van der Waals surface area contributed by atoms with Crippen LogP contribution in [0.25, 0.3) is 0 Å². The normalized spacial score (nSPS) is 40.8. The Morgan fingerprint density at radius 3 is 2.62 bits per heavy atom. The molecule has 6 nitrogen and oxygen atoms in total. The van der Waals surface area contributed by atoms with Crippen molar-refractivity contribution in [1.82, 2.24) is 0 Å². The summed E-state index contributed by atoms with van der Waals surface area (Å²) in [5.74, 6) is -4.64. The lowest BCUT2D eigenvalue weighted by molar-refractivity contribution is -0.211. The molecule has 0 radical (unpaired) electrons. The summed E-state index contributed by atoms with van der Waals surface area (Å²) in [5, 5.41) is 29.7. The van der Waals surface area contributed by atoms with Gasteiger partial charge in [0.1, 0.15) is 11.6 Å². The molecule has 2 heterocycles. The monoisotopic (exact) mass is 290 g/mol. The van der Waals surface area contributed by atoms with E-state index in [9.17, 15) is 24.9 Å². The molecule has 6 heteroatoms. The van der Waals surface area contributed by atoms with Gasteiger partial charge >= 0.3 is 0 Å². The second-order valence-corrected chi connectivity index (χ2v) is 6.06. The summed E-state index contributed by atoms with van der Waals surface area (Å²) in [4.78, 5) is 24.1. The minimum Gasteiger partial charge on any atom is -0.504 e. The Bertz CT molecular complexity index is 668. The number of Topliss-reactive ketones (excluding diaryl/α,β-unsaturated/α-hetero) is 2. The van der Waals surface area contributed by atoms with Crippen molar-refractivity contribution in [3.63, 3.8) is 0 Å². The lowest BCUT2D eigenvalue weighted by atomic mass is 9.62. The number of carbonyl (C=O) groups excluding carboxylic acids is 2. The summed E-state index contributed by atoms with van der Waals surface area (Å²) < 4.78 is 5.57. The van der Waals surface area contributed by atoms with Crippen LogP contribution in [0.15, 0.2) is 18.2 Å². The molecule has 1 aromatic carbocycles. The van der Waals surface area contributed by atoms with Crippen molar-refractivity contribution in [3.8, 4) is 11.5 Å². The molecule has 0 amide bonds. The lowest BCUT2D eigenvalue weighted by Gasteiger charge is -2.40. The Morgan fingerprint density at radius 2 is 1.90 bits per heavy atom.